The molecule has 0 aliphatic heterocycles. The molecule has 0 aromatic heterocycles. The lowest BCUT2D eigenvalue weighted by molar-refractivity contribution is -0.141. The summed E-state index contributed by atoms with van der Waals surface area (Å²) in [5.41, 5.74) is 1.61. The third-order valence-electron chi connectivity index (χ3n) is 2.57. The van der Waals surface area contributed by atoms with Gasteiger partial charge < -0.3 is 9.64 Å². The van der Waals surface area contributed by atoms with Gasteiger partial charge in [0.05, 0.1) is 12.7 Å². The summed E-state index contributed by atoms with van der Waals surface area (Å²) in [4.78, 5) is 24.9. The summed E-state index contributed by atoms with van der Waals surface area (Å²) in [6.07, 6.45) is 0. The van der Waals surface area contributed by atoms with E-state index in [1.165, 1.54) is 12.0 Å². The Kier molecular flexibility index (Phi) is 5.34. The monoisotopic (exact) mass is 313 g/mol. The van der Waals surface area contributed by atoms with E-state index in [1.54, 1.807) is 6.07 Å². The van der Waals surface area contributed by atoms with E-state index in [9.17, 15) is 9.59 Å². The number of rotatable bonds is 4. The zero-order chi connectivity index (χ0) is 13.7. The molecule has 0 N–H and O–H groups in total. The van der Waals surface area contributed by atoms with Crippen LogP contribution in [0.4, 0.5) is 0 Å². The van der Waals surface area contributed by atoms with Gasteiger partial charge in [-0.3, -0.25) is 9.59 Å². The van der Waals surface area contributed by atoms with E-state index in [0.29, 0.717) is 12.1 Å². The Bertz CT molecular complexity index is 460. The average molecular weight is 314 g/mol. The summed E-state index contributed by atoms with van der Waals surface area (Å²) >= 11 is 3.36. The molecule has 5 heteroatoms. The lowest BCUT2D eigenvalue weighted by Crippen LogP contribution is -2.36. The van der Waals surface area contributed by atoms with Crippen LogP contribution in [0.1, 0.15) is 22.8 Å². The Morgan fingerprint density at radius 3 is 2.56 bits per heavy atom. The van der Waals surface area contributed by atoms with Crippen LogP contribution in [-0.4, -0.2) is 37.0 Å². The van der Waals surface area contributed by atoms with E-state index in [1.807, 2.05) is 26.0 Å². The highest BCUT2D eigenvalue weighted by molar-refractivity contribution is 9.10. The first-order valence-electron chi connectivity index (χ1n) is 5.61. The summed E-state index contributed by atoms with van der Waals surface area (Å²) in [6.45, 7) is 4.19. The summed E-state index contributed by atoms with van der Waals surface area (Å²) in [5, 5.41) is 0. The van der Waals surface area contributed by atoms with Gasteiger partial charge in [0.15, 0.2) is 0 Å². The van der Waals surface area contributed by atoms with Crippen LogP contribution < -0.4 is 0 Å². The quantitative estimate of drug-likeness (QED) is 0.802. The maximum atomic E-state index is 12.2. The molecule has 1 amide bonds. The molecule has 0 atom stereocenters. The topological polar surface area (TPSA) is 46.6 Å². The van der Waals surface area contributed by atoms with Crippen LogP contribution in [0.2, 0.25) is 0 Å². The van der Waals surface area contributed by atoms with Crippen LogP contribution in [0.5, 0.6) is 0 Å². The molecule has 0 aliphatic rings. The zero-order valence-electron chi connectivity index (χ0n) is 10.7. The van der Waals surface area contributed by atoms with Gasteiger partial charge in [0.2, 0.25) is 0 Å². The van der Waals surface area contributed by atoms with Crippen LogP contribution >= 0.6 is 15.9 Å². The summed E-state index contributed by atoms with van der Waals surface area (Å²) in [7, 11) is 1.31. The molecule has 0 unspecified atom stereocenters. The maximum absolute atomic E-state index is 12.2. The van der Waals surface area contributed by atoms with Crippen LogP contribution in [-0.2, 0) is 9.53 Å². The molecule has 0 fully saturated rings. The molecule has 0 spiro atoms. The molecule has 0 heterocycles. The number of hydrogen-bond acceptors (Lipinski definition) is 3. The number of likely N-dealkylation sites (N-methyl/N-ethyl adjacent to an activating group) is 1. The first kappa shape index (κ1) is 14.7. The predicted molar refractivity (Wildman–Crippen MR) is 72.5 cm³/mol. The van der Waals surface area contributed by atoms with Crippen molar-refractivity contribution in [3.8, 4) is 0 Å². The third-order valence-corrected chi connectivity index (χ3v) is 3.23. The SMILES string of the molecule is CCN(CC(=O)OC)C(=O)c1ccc(C)cc1Br. The largest absolute Gasteiger partial charge is 0.468 e. The third kappa shape index (κ3) is 3.57. The van der Waals surface area contributed by atoms with Gasteiger partial charge >= 0.3 is 5.97 Å². The van der Waals surface area contributed by atoms with E-state index in [-0.39, 0.29) is 12.5 Å². The highest BCUT2D eigenvalue weighted by atomic mass is 79.9. The number of nitrogens with zero attached hydrogens (tertiary/aromatic N) is 1. The molecule has 0 saturated heterocycles. The molecule has 4 nitrogen and oxygen atoms in total. The Morgan fingerprint density at radius 1 is 1.39 bits per heavy atom. The number of amides is 1. The van der Waals surface area contributed by atoms with Crippen molar-refractivity contribution in [2.45, 2.75) is 13.8 Å². The van der Waals surface area contributed by atoms with Crippen molar-refractivity contribution >= 4 is 27.8 Å². The molecule has 0 bridgehead atoms. The number of halogens is 1. The van der Waals surface area contributed by atoms with E-state index < -0.39 is 5.97 Å². The Hall–Kier alpha value is -1.36. The Morgan fingerprint density at radius 2 is 2.06 bits per heavy atom. The number of carbonyl (C=O) groups excluding carboxylic acids is 2. The van der Waals surface area contributed by atoms with Crippen molar-refractivity contribution in [2.75, 3.05) is 20.2 Å². The number of benzene rings is 1. The molecule has 0 radical (unpaired) electrons. The van der Waals surface area contributed by atoms with Gasteiger partial charge in [0.1, 0.15) is 6.54 Å². The zero-order valence-corrected chi connectivity index (χ0v) is 12.3. The number of methoxy groups -OCH3 is 1. The maximum Gasteiger partial charge on any atom is 0.325 e. The molecule has 1 aromatic carbocycles. The van der Waals surface area contributed by atoms with Crippen molar-refractivity contribution in [2.24, 2.45) is 0 Å². The van der Waals surface area contributed by atoms with Crippen LogP contribution in [0, 0.1) is 6.92 Å². The average Bonchev–Trinajstić information content (AvgIpc) is 2.34. The second-order valence-electron chi connectivity index (χ2n) is 3.88. The molecular formula is C13H16BrNO3. The standard InChI is InChI=1S/C13H16BrNO3/c1-4-15(8-12(16)18-3)13(17)10-6-5-9(2)7-11(10)14/h5-7H,4,8H2,1-3H3. The second kappa shape index (κ2) is 6.54. The highest BCUT2D eigenvalue weighted by Crippen LogP contribution is 2.20. The summed E-state index contributed by atoms with van der Waals surface area (Å²) in [5.74, 6) is -0.608. The molecule has 1 rings (SSSR count). The number of ether oxygens (including phenoxy) is 1. The lowest BCUT2D eigenvalue weighted by atomic mass is 10.1. The highest BCUT2D eigenvalue weighted by Gasteiger charge is 2.19. The second-order valence-corrected chi connectivity index (χ2v) is 4.73. The van der Waals surface area contributed by atoms with Gasteiger partial charge in [-0.25, -0.2) is 0 Å². The first-order valence-corrected chi connectivity index (χ1v) is 6.41. The van der Waals surface area contributed by atoms with Crippen LogP contribution in [0.15, 0.2) is 22.7 Å². The lowest BCUT2D eigenvalue weighted by Gasteiger charge is -2.20. The fourth-order valence-electron chi connectivity index (χ4n) is 1.51. The van der Waals surface area contributed by atoms with Crippen LogP contribution in [0.3, 0.4) is 0 Å². The van der Waals surface area contributed by atoms with Crippen molar-refractivity contribution in [3.63, 3.8) is 0 Å². The molecule has 18 heavy (non-hydrogen) atoms. The van der Waals surface area contributed by atoms with Crippen molar-refractivity contribution < 1.29 is 14.3 Å². The number of hydrogen-bond donors (Lipinski definition) is 0. The summed E-state index contributed by atoms with van der Waals surface area (Å²) in [6, 6.07) is 5.49. The fourth-order valence-corrected chi connectivity index (χ4v) is 2.17. The number of esters is 1. The van der Waals surface area contributed by atoms with Gasteiger partial charge in [0, 0.05) is 11.0 Å². The van der Waals surface area contributed by atoms with Gasteiger partial charge in [-0.05, 0) is 47.5 Å². The van der Waals surface area contributed by atoms with Crippen LogP contribution in [0.25, 0.3) is 0 Å². The van der Waals surface area contributed by atoms with E-state index in [0.717, 1.165) is 10.0 Å². The van der Waals surface area contributed by atoms with Gasteiger partial charge in [-0.15, -0.1) is 0 Å². The molecule has 98 valence electrons. The van der Waals surface area contributed by atoms with Gasteiger partial charge in [-0.1, -0.05) is 6.07 Å². The Balaban J connectivity index is 2.93. The molecule has 0 saturated carbocycles. The summed E-state index contributed by atoms with van der Waals surface area (Å²) < 4.78 is 5.31. The minimum atomic E-state index is -0.423. The van der Waals surface area contributed by atoms with Crippen molar-refractivity contribution in [1.82, 2.24) is 4.90 Å². The van der Waals surface area contributed by atoms with E-state index in [2.05, 4.69) is 20.7 Å². The van der Waals surface area contributed by atoms with Gasteiger partial charge in [-0.2, -0.15) is 0 Å². The minimum Gasteiger partial charge on any atom is -0.468 e. The predicted octanol–water partition coefficient (Wildman–Crippen LogP) is 2.39. The minimum absolute atomic E-state index is 0.0356. The van der Waals surface area contributed by atoms with E-state index >= 15 is 0 Å². The number of carbonyl (C=O) groups is 2. The molecule has 1 aromatic rings. The van der Waals surface area contributed by atoms with Gasteiger partial charge in [0.25, 0.3) is 5.91 Å². The molecule has 0 aliphatic carbocycles. The smallest absolute Gasteiger partial charge is 0.325 e. The molecular weight excluding hydrogens is 298 g/mol. The van der Waals surface area contributed by atoms with Crippen molar-refractivity contribution in [1.29, 1.82) is 0 Å². The Labute approximate surface area is 115 Å². The fraction of sp³-hybridized carbons (Fsp3) is 0.385. The van der Waals surface area contributed by atoms with Crippen molar-refractivity contribution in [3.05, 3.63) is 33.8 Å². The number of aryl methyl sites for hydroxylation is 1. The first-order chi connectivity index (χ1) is 8.49. The van der Waals surface area contributed by atoms with E-state index in [4.69, 9.17) is 0 Å². The normalized spacial score (nSPS) is 10.0.